The van der Waals surface area contributed by atoms with E-state index in [2.05, 4.69) is 215 Å². The lowest BCUT2D eigenvalue weighted by molar-refractivity contribution is 0.936. The fourth-order valence-corrected chi connectivity index (χ4v) is 9.54. The van der Waals surface area contributed by atoms with Crippen LogP contribution in [0.1, 0.15) is 41.2 Å². The van der Waals surface area contributed by atoms with Gasteiger partial charge in [-0.2, -0.15) is 0 Å². The summed E-state index contributed by atoms with van der Waals surface area (Å²) in [5.41, 5.74) is 18.6. The molecule has 0 spiro atoms. The minimum Gasteiger partial charge on any atom is -0.309 e. The van der Waals surface area contributed by atoms with Gasteiger partial charge >= 0.3 is 0 Å². The van der Waals surface area contributed by atoms with Crippen LogP contribution in [0.3, 0.4) is 0 Å². The van der Waals surface area contributed by atoms with Crippen LogP contribution >= 0.6 is 0 Å². The molecule has 2 aliphatic rings. The van der Waals surface area contributed by atoms with Crippen molar-refractivity contribution in [2.24, 2.45) is 0 Å². The molecular formula is C57H43N5. The molecule has 0 fully saturated rings. The van der Waals surface area contributed by atoms with Gasteiger partial charge in [-0.05, 0) is 128 Å². The van der Waals surface area contributed by atoms with Crippen LogP contribution in [0.25, 0.3) is 96.0 Å². The van der Waals surface area contributed by atoms with Gasteiger partial charge in [-0.15, -0.1) is 0 Å². The van der Waals surface area contributed by atoms with Gasteiger partial charge in [0.25, 0.3) is 0 Å². The molecule has 7 aromatic carbocycles. The van der Waals surface area contributed by atoms with Crippen LogP contribution in [0.4, 0.5) is 0 Å². The number of benzene rings is 7. The first kappa shape index (κ1) is 36.1. The zero-order valence-electron chi connectivity index (χ0n) is 34.5. The number of aromatic nitrogens is 5. The van der Waals surface area contributed by atoms with Gasteiger partial charge in [-0.3, -0.25) is 9.13 Å². The Balaban J connectivity index is 0.942. The second kappa shape index (κ2) is 14.8. The maximum atomic E-state index is 5.20. The maximum absolute atomic E-state index is 5.20. The SMILES string of the molecule is Cc1ccc(-n2c3ccc(-c4ccc(-c5nc6c(n5-c5ccccc5)C=CCC6)cc4)cc3c3cc(-c4ccc(-c5nc6c(n5-c5ccccc5)C=CCC6)cc4)ccc32)cc1. The van der Waals surface area contributed by atoms with Crippen LogP contribution in [0, 0.1) is 6.92 Å². The van der Waals surface area contributed by atoms with Crippen molar-refractivity contribution in [2.75, 3.05) is 0 Å². The lowest BCUT2D eigenvalue weighted by Crippen LogP contribution is -2.01. The van der Waals surface area contributed by atoms with Gasteiger partial charge in [-0.1, -0.05) is 127 Å². The van der Waals surface area contributed by atoms with E-state index in [4.69, 9.17) is 9.97 Å². The quantitative estimate of drug-likeness (QED) is 0.161. The molecule has 3 aromatic heterocycles. The summed E-state index contributed by atoms with van der Waals surface area (Å²) >= 11 is 0. The lowest BCUT2D eigenvalue weighted by atomic mass is 9.99. The summed E-state index contributed by atoms with van der Waals surface area (Å²) in [6.45, 7) is 2.14. The van der Waals surface area contributed by atoms with E-state index < -0.39 is 0 Å². The van der Waals surface area contributed by atoms with E-state index >= 15 is 0 Å². The molecule has 296 valence electrons. The van der Waals surface area contributed by atoms with E-state index in [1.54, 1.807) is 0 Å². The molecule has 12 rings (SSSR count). The standard InChI is InChI=1S/C57H43N5/c1-38-20-32-47(33-21-38)60-52-34-30-43(39-22-26-41(27-23-39)56-58-50-16-8-10-18-54(50)61(56)45-12-4-2-5-13-45)36-48(52)49-37-44(31-35-53(49)60)40-24-28-42(29-25-40)57-59-51-17-9-11-19-55(51)62(57)46-14-6-3-7-15-46/h2-7,10-15,18-37H,8-9,16-17H2,1H3. The van der Waals surface area contributed by atoms with Crippen molar-refractivity contribution in [3.8, 4) is 62.1 Å². The second-order valence-corrected chi connectivity index (χ2v) is 16.5. The third kappa shape index (κ3) is 6.08. The van der Waals surface area contributed by atoms with Gasteiger partial charge in [0.15, 0.2) is 0 Å². The molecule has 0 saturated carbocycles. The van der Waals surface area contributed by atoms with Crippen LogP contribution in [-0.2, 0) is 12.8 Å². The van der Waals surface area contributed by atoms with Crippen LogP contribution < -0.4 is 0 Å². The summed E-state index contributed by atoms with van der Waals surface area (Å²) in [6, 6.07) is 61.8. The van der Waals surface area contributed by atoms with Crippen LogP contribution in [0.5, 0.6) is 0 Å². The highest BCUT2D eigenvalue weighted by Gasteiger charge is 2.22. The van der Waals surface area contributed by atoms with Crippen molar-refractivity contribution in [1.82, 2.24) is 23.7 Å². The van der Waals surface area contributed by atoms with Crippen molar-refractivity contribution < 1.29 is 0 Å². The molecule has 0 bridgehead atoms. The molecule has 0 amide bonds. The van der Waals surface area contributed by atoms with Crippen molar-refractivity contribution in [1.29, 1.82) is 0 Å². The van der Waals surface area contributed by atoms with Crippen molar-refractivity contribution in [2.45, 2.75) is 32.6 Å². The molecule has 0 atom stereocenters. The van der Waals surface area contributed by atoms with Crippen LogP contribution in [0.2, 0.25) is 0 Å². The number of aryl methyl sites for hydroxylation is 3. The van der Waals surface area contributed by atoms with Crippen LogP contribution in [0.15, 0.2) is 182 Å². The maximum Gasteiger partial charge on any atom is 0.145 e. The van der Waals surface area contributed by atoms with Crippen molar-refractivity contribution in [3.63, 3.8) is 0 Å². The second-order valence-electron chi connectivity index (χ2n) is 16.5. The first-order chi connectivity index (χ1) is 30.6. The average molecular weight is 798 g/mol. The Bertz CT molecular complexity index is 3160. The average Bonchev–Trinajstić information content (AvgIpc) is 4.02. The van der Waals surface area contributed by atoms with Crippen molar-refractivity contribution in [3.05, 3.63) is 210 Å². The zero-order chi connectivity index (χ0) is 41.1. The molecule has 5 nitrogen and oxygen atoms in total. The predicted molar refractivity (Wildman–Crippen MR) is 256 cm³/mol. The van der Waals surface area contributed by atoms with Gasteiger partial charge < -0.3 is 4.57 Å². The Kier molecular flexibility index (Phi) is 8.60. The largest absolute Gasteiger partial charge is 0.309 e. The van der Waals surface area contributed by atoms with E-state index in [0.29, 0.717) is 0 Å². The number of rotatable bonds is 7. The van der Waals surface area contributed by atoms with Gasteiger partial charge in [0, 0.05) is 39.0 Å². The molecule has 0 saturated heterocycles. The third-order valence-electron chi connectivity index (χ3n) is 12.7. The first-order valence-corrected chi connectivity index (χ1v) is 21.7. The fourth-order valence-electron chi connectivity index (χ4n) is 9.54. The number of allylic oxidation sites excluding steroid dienone is 2. The Morgan fingerprint density at radius 2 is 0.790 bits per heavy atom. The smallest absolute Gasteiger partial charge is 0.145 e. The molecule has 2 aliphatic carbocycles. The minimum atomic E-state index is 0.959. The monoisotopic (exact) mass is 797 g/mol. The molecule has 10 aromatic rings. The summed E-state index contributed by atoms with van der Waals surface area (Å²) in [6.07, 6.45) is 12.9. The molecule has 0 N–H and O–H groups in total. The van der Waals surface area contributed by atoms with E-state index in [1.807, 2.05) is 0 Å². The van der Waals surface area contributed by atoms with Gasteiger partial charge in [-0.25, -0.2) is 9.97 Å². The summed E-state index contributed by atoms with van der Waals surface area (Å²) in [5, 5.41) is 2.45. The summed E-state index contributed by atoms with van der Waals surface area (Å²) in [4.78, 5) is 10.4. The lowest BCUT2D eigenvalue weighted by Gasteiger charge is -2.12. The number of nitrogens with zero attached hydrogens (tertiary/aromatic N) is 5. The fraction of sp³-hybridized carbons (Fsp3) is 0.0877. The Morgan fingerprint density at radius 1 is 0.387 bits per heavy atom. The Labute approximate surface area is 361 Å². The molecule has 5 heteroatoms. The minimum absolute atomic E-state index is 0.959. The van der Waals surface area contributed by atoms with E-state index in [9.17, 15) is 0 Å². The van der Waals surface area contributed by atoms with Gasteiger partial charge in [0.2, 0.25) is 0 Å². The van der Waals surface area contributed by atoms with Gasteiger partial charge in [0.05, 0.1) is 33.8 Å². The Hall–Kier alpha value is -7.76. The predicted octanol–water partition coefficient (Wildman–Crippen LogP) is 14.1. The van der Waals surface area contributed by atoms with E-state index in [0.717, 1.165) is 76.9 Å². The number of hydrogen-bond acceptors (Lipinski definition) is 2. The van der Waals surface area contributed by atoms with Crippen LogP contribution in [-0.4, -0.2) is 23.7 Å². The molecule has 62 heavy (non-hydrogen) atoms. The highest BCUT2D eigenvalue weighted by atomic mass is 15.1. The van der Waals surface area contributed by atoms with E-state index in [-0.39, 0.29) is 0 Å². The molecule has 0 aliphatic heterocycles. The highest BCUT2D eigenvalue weighted by molar-refractivity contribution is 6.11. The number of para-hydroxylation sites is 2. The van der Waals surface area contributed by atoms with Gasteiger partial charge in [0.1, 0.15) is 11.6 Å². The number of hydrogen-bond donors (Lipinski definition) is 0. The number of imidazole rings is 2. The molecule has 0 unspecified atom stereocenters. The highest BCUT2D eigenvalue weighted by Crippen LogP contribution is 2.39. The summed E-state index contributed by atoms with van der Waals surface area (Å²) in [7, 11) is 0. The summed E-state index contributed by atoms with van der Waals surface area (Å²) < 4.78 is 7.02. The molecule has 0 radical (unpaired) electrons. The van der Waals surface area contributed by atoms with E-state index in [1.165, 1.54) is 61.0 Å². The zero-order valence-corrected chi connectivity index (χ0v) is 34.5. The third-order valence-corrected chi connectivity index (χ3v) is 12.7. The topological polar surface area (TPSA) is 40.6 Å². The normalized spacial score (nSPS) is 13.2. The molecular weight excluding hydrogens is 755 g/mol. The Morgan fingerprint density at radius 3 is 1.24 bits per heavy atom. The molecule has 3 heterocycles. The van der Waals surface area contributed by atoms with Crippen molar-refractivity contribution >= 4 is 34.0 Å². The first-order valence-electron chi connectivity index (χ1n) is 21.7. The summed E-state index contributed by atoms with van der Waals surface area (Å²) in [5.74, 6) is 1.96. The number of fused-ring (bicyclic) bond motifs is 5.